The summed E-state index contributed by atoms with van der Waals surface area (Å²) in [5.41, 5.74) is 4.24. The maximum absolute atomic E-state index is 4.40. The zero-order valence-corrected chi connectivity index (χ0v) is 8.18. The topological polar surface area (TPSA) is 51.6 Å². The van der Waals surface area contributed by atoms with Crippen LogP contribution in [0.2, 0.25) is 0 Å². The summed E-state index contributed by atoms with van der Waals surface area (Å²) < 4.78 is 0. The molecule has 15 heavy (non-hydrogen) atoms. The molecule has 4 nitrogen and oxygen atoms in total. The average molecular weight is 196 g/mol. The first-order valence-electron chi connectivity index (χ1n) is 4.68. The Morgan fingerprint density at radius 1 is 0.867 bits per heavy atom. The van der Waals surface area contributed by atoms with Crippen LogP contribution in [-0.2, 0) is 0 Å². The van der Waals surface area contributed by atoms with E-state index in [1.807, 2.05) is 19.1 Å². The molecule has 0 bridgehead atoms. The summed E-state index contributed by atoms with van der Waals surface area (Å²) >= 11 is 0. The first-order chi connectivity index (χ1) is 7.34. The van der Waals surface area contributed by atoms with Gasteiger partial charge in [-0.3, -0.25) is 15.0 Å². The molecule has 0 aliphatic rings. The van der Waals surface area contributed by atoms with E-state index in [0.29, 0.717) is 0 Å². The van der Waals surface area contributed by atoms with Gasteiger partial charge in [0.15, 0.2) is 0 Å². The molecule has 3 aromatic rings. The Bertz CT molecular complexity index is 648. The second kappa shape index (κ2) is 2.95. The quantitative estimate of drug-likeness (QED) is 0.515. The fraction of sp³-hybridized carbons (Fsp3) is 0.0909. The standard InChI is InChI=1S/C11H8N4/c1-7-6-14-11-9(15-7)3-2-8-10(11)13-5-4-12-8/h2-6H,1H3. The molecule has 2 heterocycles. The lowest BCUT2D eigenvalue weighted by Gasteiger charge is -2.00. The summed E-state index contributed by atoms with van der Waals surface area (Å²) in [7, 11) is 0. The molecule has 0 saturated heterocycles. The van der Waals surface area contributed by atoms with Gasteiger partial charge >= 0.3 is 0 Å². The minimum atomic E-state index is 0.808. The van der Waals surface area contributed by atoms with Crippen LogP contribution in [0.1, 0.15) is 5.69 Å². The van der Waals surface area contributed by atoms with E-state index in [1.165, 1.54) is 0 Å². The second-order valence-electron chi connectivity index (χ2n) is 3.37. The third-order valence-electron chi connectivity index (χ3n) is 2.27. The van der Waals surface area contributed by atoms with E-state index >= 15 is 0 Å². The van der Waals surface area contributed by atoms with Gasteiger partial charge in [-0.05, 0) is 19.1 Å². The molecule has 0 unspecified atom stereocenters. The minimum absolute atomic E-state index is 0.808. The number of benzene rings is 1. The molecular weight excluding hydrogens is 188 g/mol. The number of nitrogens with zero attached hydrogens (tertiary/aromatic N) is 4. The van der Waals surface area contributed by atoms with Crippen molar-refractivity contribution >= 4 is 22.1 Å². The molecule has 0 radical (unpaired) electrons. The Balaban J connectivity index is 2.55. The lowest BCUT2D eigenvalue weighted by atomic mass is 10.2. The minimum Gasteiger partial charge on any atom is -0.253 e. The van der Waals surface area contributed by atoms with Gasteiger partial charge in [0.05, 0.1) is 16.7 Å². The SMILES string of the molecule is Cc1cnc2c(ccc3nccnc32)n1. The smallest absolute Gasteiger partial charge is 0.116 e. The molecule has 3 rings (SSSR count). The molecule has 0 N–H and O–H groups in total. The summed E-state index contributed by atoms with van der Waals surface area (Å²) in [6.45, 7) is 1.92. The van der Waals surface area contributed by atoms with Gasteiger partial charge in [-0.2, -0.15) is 0 Å². The van der Waals surface area contributed by atoms with E-state index < -0.39 is 0 Å². The highest BCUT2D eigenvalue weighted by Gasteiger charge is 2.03. The summed E-state index contributed by atoms with van der Waals surface area (Å²) in [5, 5.41) is 0. The molecule has 4 heteroatoms. The van der Waals surface area contributed by atoms with Gasteiger partial charge in [-0.1, -0.05) is 0 Å². The first-order valence-corrected chi connectivity index (χ1v) is 4.68. The van der Waals surface area contributed by atoms with Crippen molar-refractivity contribution in [2.45, 2.75) is 6.92 Å². The van der Waals surface area contributed by atoms with Gasteiger partial charge in [0, 0.05) is 18.6 Å². The molecule has 72 valence electrons. The van der Waals surface area contributed by atoms with Crippen LogP contribution < -0.4 is 0 Å². The monoisotopic (exact) mass is 196 g/mol. The Hall–Kier alpha value is -2.10. The van der Waals surface area contributed by atoms with E-state index in [1.54, 1.807) is 18.6 Å². The normalized spacial score (nSPS) is 11.0. The molecule has 0 atom stereocenters. The van der Waals surface area contributed by atoms with Crippen molar-refractivity contribution < 1.29 is 0 Å². The van der Waals surface area contributed by atoms with Crippen molar-refractivity contribution in [2.24, 2.45) is 0 Å². The summed E-state index contributed by atoms with van der Waals surface area (Å²) in [4.78, 5) is 17.2. The Morgan fingerprint density at radius 2 is 1.60 bits per heavy atom. The van der Waals surface area contributed by atoms with Crippen molar-refractivity contribution in [3.63, 3.8) is 0 Å². The largest absolute Gasteiger partial charge is 0.253 e. The van der Waals surface area contributed by atoms with Crippen LogP contribution in [-0.4, -0.2) is 19.9 Å². The van der Waals surface area contributed by atoms with Crippen LogP contribution in [0.15, 0.2) is 30.7 Å². The van der Waals surface area contributed by atoms with Gasteiger partial charge in [-0.15, -0.1) is 0 Å². The highest BCUT2D eigenvalue weighted by molar-refractivity contribution is 5.99. The van der Waals surface area contributed by atoms with Crippen LogP contribution in [0, 0.1) is 6.92 Å². The lowest BCUT2D eigenvalue weighted by Crippen LogP contribution is -1.90. The van der Waals surface area contributed by atoms with E-state index in [2.05, 4.69) is 19.9 Å². The lowest BCUT2D eigenvalue weighted by molar-refractivity contribution is 1.18. The van der Waals surface area contributed by atoms with Crippen molar-refractivity contribution in [1.29, 1.82) is 0 Å². The molecule has 0 amide bonds. The molecule has 0 fully saturated rings. The Labute approximate surface area is 86.0 Å². The predicted octanol–water partition coefficient (Wildman–Crippen LogP) is 1.88. The van der Waals surface area contributed by atoms with Crippen LogP contribution in [0.4, 0.5) is 0 Å². The summed E-state index contributed by atoms with van der Waals surface area (Å²) in [5.74, 6) is 0. The van der Waals surface area contributed by atoms with Gasteiger partial charge in [0.1, 0.15) is 11.0 Å². The molecule has 1 aromatic carbocycles. The Kier molecular flexibility index (Phi) is 1.62. The highest BCUT2D eigenvalue weighted by Crippen LogP contribution is 2.18. The van der Waals surface area contributed by atoms with Gasteiger partial charge in [0.25, 0.3) is 0 Å². The maximum Gasteiger partial charge on any atom is 0.116 e. The maximum atomic E-state index is 4.40. The molecule has 0 saturated carbocycles. The molecule has 0 aliphatic carbocycles. The van der Waals surface area contributed by atoms with Crippen molar-refractivity contribution in [2.75, 3.05) is 0 Å². The van der Waals surface area contributed by atoms with Crippen LogP contribution in [0.3, 0.4) is 0 Å². The molecular formula is C11H8N4. The summed E-state index contributed by atoms with van der Waals surface area (Å²) in [6, 6.07) is 3.84. The van der Waals surface area contributed by atoms with Gasteiger partial charge in [-0.25, -0.2) is 4.98 Å². The third kappa shape index (κ3) is 1.22. The summed E-state index contributed by atoms with van der Waals surface area (Å²) in [6.07, 6.45) is 5.09. The number of fused-ring (bicyclic) bond motifs is 3. The molecule has 2 aromatic heterocycles. The predicted molar refractivity (Wildman–Crippen MR) is 57.4 cm³/mol. The zero-order valence-electron chi connectivity index (χ0n) is 8.18. The van der Waals surface area contributed by atoms with Crippen molar-refractivity contribution in [3.05, 3.63) is 36.4 Å². The third-order valence-corrected chi connectivity index (χ3v) is 2.27. The Morgan fingerprint density at radius 3 is 2.53 bits per heavy atom. The van der Waals surface area contributed by atoms with Crippen LogP contribution >= 0.6 is 0 Å². The van der Waals surface area contributed by atoms with Crippen LogP contribution in [0.5, 0.6) is 0 Å². The molecule has 0 aliphatic heterocycles. The van der Waals surface area contributed by atoms with Gasteiger partial charge < -0.3 is 0 Å². The van der Waals surface area contributed by atoms with E-state index in [4.69, 9.17) is 0 Å². The number of hydrogen-bond acceptors (Lipinski definition) is 4. The first kappa shape index (κ1) is 8.23. The van der Waals surface area contributed by atoms with Gasteiger partial charge in [0.2, 0.25) is 0 Å². The number of aromatic nitrogens is 4. The van der Waals surface area contributed by atoms with Crippen molar-refractivity contribution in [1.82, 2.24) is 19.9 Å². The fourth-order valence-electron chi connectivity index (χ4n) is 1.61. The average Bonchev–Trinajstić information content (AvgIpc) is 2.28. The highest BCUT2D eigenvalue weighted by atomic mass is 14.8. The van der Waals surface area contributed by atoms with E-state index in [-0.39, 0.29) is 0 Å². The number of rotatable bonds is 0. The molecule has 0 spiro atoms. The van der Waals surface area contributed by atoms with Crippen molar-refractivity contribution in [3.8, 4) is 0 Å². The van der Waals surface area contributed by atoms with E-state index in [0.717, 1.165) is 27.8 Å². The van der Waals surface area contributed by atoms with E-state index in [9.17, 15) is 0 Å². The number of hydrogen-bond donors (Lipinski definition) is 0. The van der Waals surface area contributed by atoms with Crippen LogP contribution in [0.25, 0.3) is 22.1 Å². The number of aryl methyl sites for hydroxylation is 1. The zero-order chi connectivity index (χ0) is 10.3. The second-order valence-corrected chi connectivity index (χ2v) is 3.37. The fourth-order valence-corrected chi connectivity index (χ4v) is 1.61.